The summed E-state index contributed by atoms with van der Waals surface area (Å²) in [6.07, 6.45) is 4.12. The van der Waals surface area contributed by atoms with Crippen LogP contribution in [0.2, 0.25) is 0 Å². The van der Waals surface area contributed by atoms with Gasteiger partial charge in [0, 0.05) is 11.5 Å². The van der Waals surface area contributed by atoms with Crippen LogP contribution in [-0.2, 0) is 4.79 Å². The van der Waals surface area contributed by atoms with E-state index in [-0.39, 0.29) is 11.3 Å². The first-order valence-corrected chi connectivity index (χ1v) is 6.38. The predicted molar refractivity (Wildman–Crippen MR) is 66.9 cm³/mol. The quantitative estimate of drug-likeness (QED) is 0.755. The molecule has 3 heteroatoms. The largest absolute Gasteiger partial charge is 0.369 e. The smallest absolute Gasteiger partial charge is 0.223 e. The Labute approximate surface area is 99.2 Å². The Balaban J connectivity index is 2.82. The van der Waals surface area contributed by atoms with Crippen LogP contribution < -0.4 is 11.1 Å². The Morgan fingerprint density at radius 2 is 2.00 bits per heavy atom. The highest BCUT2D eigenvalue weighted by atomic mass is 16.1. The van der Waals surface area contributed by atoms with E-state index in [1.807, 2.05) is 14.0 Å². The summed E-state index contributed by atoms with van der Waals surface area (Å²) in [5.74, 6) is 1.04. The zero-order chi connectivity index (χ0) is 12.3. The molecule has 3 nitrogen and oxygen atoms in total. The van der Waals surface area contributed by atoms with Crippen molar-refractivity contribution < 1.29 is 4.79 Å². The van der Waals surface area contributed by atoms with Crippen molar-refractivity contribution in [3.05, 3.63) is 0 Å². The highest BCUT2D eigenvalue weighted by Gasteiger charge is 2.37. The Morgan fingerprint density at radius 1 is 1.38 bits per heavy atom. The van der Waals surface area contributed by atoms with Crippen molar-refractivity contribution in [2.45, 2.75) is 52.5 Å². The molecule has 4 atom stereocenters. The van der Waals surface area contributed by atoms with Gasteiger partial charge in [-0.05, 0) is 38.1 Å². The van der Waals surface area contributed by atoms with E-state index in [1.165, 1.54) is 6.42 Å². The lowest BCUT2D eigenvalue weighted by molar-refractivity contribution is -0.128. The van der Waals surface area contributed by atoms with Crippen LogP contribution in [0, 0.1) is 17.3 Å². The van der Waals surface area contributed by atoms with Gasteiger partial charge in [0.15, 0.2) is 0 Å². The molecule has 0 radical (unpaired) electrons. The number of carbonyl (C=O) groups is 1. The van der Waals surface area contributed by atoms with E-state index in [9.17, 15) is 4.79 Å². The lowest BCUT2D eigenvalue weighted by Crippen LogP contribution is -2.45. The third-order valence-corrected chi connectivity index (χ3v) is 4.31. The van der Waals surface area contributed by atoms with Crippen molar-refractivity contribution in [2.24, 2.45) is 23.0 Å². The molecular formula is C13H26N2O. The summed E-state index contributed by atoms with van der Waals surface area (Å²) in [6.45, 7) is 6.54. The van der Waals surface area contributed by atoms with Gasteiger partial charge in [0.2, 0.25) is 5.91 Å². The van der Waals surface area contributed by atoms with Gasteiger partial charge in [-0.2, -0.15) is 0 Å². The van der Waals surface area contributed by atoms with E-state index >= 15 is 0 Å². The van der Waals surface area contributed by atoms with Gasteiger partial charge in [0.25, 0.3) is 0 Å². The summed E-state index contributed by atoms with van der Waals surface area (Å²) in [6, 6.07) is 0.499. The van der Waals surface area contributed by atoms with Crippen molar-refractivity contribution in [3.63, 3.8) is 0 Å². The molecule has 1 aliphatic rings. The normalized spacial score (nSPS) is 41.1. The second-order valence-electron chi connectivity index (χ2n) is 5.79. The fourth-order valence-corrected chi connectivity index (χ4v) is 3.29. The average Bonchev–Trinajstić information content (AvgIpc) is 2.16. The van der Waals surface area contributed by atoms with E-state index in [0.717, 1.165) is 19.3 Å². The molecule has 4 unspecified atom stereocenters. The van der Waals surface area contributed by atoms with Gasteiger partial charge >= 0.3 is 0 Å². The standard InChI is InChI=1S/C13H26N2O/c1-9-6-5-7-13(3,12(14)16)8-10(2)11(9)15-4/h9-11,15H,5-8H2,1-4H3,(H2,14,16). The maximum Gasteiger partial charge on any atom is 0.223 e. The Hall–Kier alpha value is -0.570. The van der Waals surface area contributed by atoms with E-state index in [1.54, 1.807) is 0 Å². The molecule has 1 saturated carbocycles. The van der Waals surface area contributed by atoms with Crippen LogP contribution in [0.5, 0.6) is 0 Å². The predicted octanol–water partition coefficient (Wildman–Crippen LogP) is 1.91. The summed E-state index contributed by atoms with van der Waals surface area (Å²) in [4.78, 5) is 11.6. The van der Waals surface area contributed by atoms with E-state index < -0.39 is 0 Å². The number of amides is 1. The zero-order valence-electron chi connectivity index (χ0n) is 11.0. The summed E-state index contributed by atoms with van der Waals surface area (Å²) in [5.41, 5.74) is 5.24. The van der Waals surface area contributed by atoms with Crippen molar-refractivity contribution in [3.8, 4) is 0 Å². The van der Waals surface area contributed by atoms with Crippen LogP contribution in [0.1, 0.15) is 46.5 Å². The molecular weight excluding hydrogens is 200 g/mol. The molecule has 1 rings (SSSR count). The first-order chi connectivity index (χ1) is 7.40. The van der Waals surface area contributed by atoms with Gasteiger partial charge in [0.1, 0.15) is 0 Å². The molecule has 0 heterocycles. The SMILES string of the molecule is CNC1C(C)CCCC(C)(C(N)=O)CC1C. The minimum absolute atomic E-state index is 0.135. The summed E-state index contributed by atoms with van der Waals surface area (Å²) >= 11 is 0. The first-order valence-electron chi connectivity index (χ1n) is 6.38. The summed E-state index contributed by atoms with van der Waals surface area (Å²) in [5, 5.41) is 3.40. The maximum absolute atomic E-state index is 11.6. The number of carbonyl (C=O) groups excluding carboxylic acids is 1. The Bertz CT molecular complexity index is 254. The number of nitrogens with one attached hydrogen (secondary N) is 1. The monoisotopic (exact) mass is 226 g/mol. The fraction of sp³-hybridized carbons (Fsp3) is 0.923. The van der Waals surface area contributed by atoms with Gasteiger partial charge in [-0.25, -0.2) is 0 Å². The Morgan fingerprint density at radius 3 is 2.50 bits per heavy atom. The molecule has 0 aromatic heterocycles. The topological polar surface area (TPSA) is 55.1 Å². The number of hydrogen-bond acceptors (Lipinski definition) is 2. The second-order valence-corrected chi connectivity index (χ2v) is 5.79. The summed E-state index contributed by atoms with van der Waals surface area (Å²) < 4.78 is 0. The van der Waals surface area contributed by atoms with Gasteiger partial charge in [-0.15, -0.1) is 0 Å². The summed E-state index contributed by atoms with van der Waals surface area (Å²) in [7, 11) is 2.01. The van der Waals surface area contributed by atoms with Crippen molar-refractivity contribution in [1.29, 1.82) is 0 Å². The van der Waals surface area contributed by atoms with Crippen molar-refractivity contribution in [2.75, 3.05) is 7.05 Å². The first kappa shape index (κ1) is 13.5. The number of hydrogen-bond donors (Lipinski definition) is 2. The molecule has 1 fully saturated rings. The molecule has 94 valence electrons. The molecule has 0 spiro atoms. The van der Waals surface area contributed by atoms with Crippen LogP contribution in [0.3, 0.4) is 0 Å². The van der Waals surface area contributed by atoms with Crippen LogP contribution >= 0.6 is 0 Å². The van der Waals surface area contributed by atoms with Crippen molar-refractivity contribution >= 4 is 5.91 Å². The van der Waals surface area contributed by atoms with Crippen LogP contribution in [0.15, 0.2) is 0 Å². The van der Waals surface area contributed by atoms with Gasteiger partial charge < -0.3 is 11.1 Å². The molecule has 0 aliphatic heterocycles. The van der Waals surface area contributed by atoms with Gasteiger partial charge in [-0.1, -0.05) is 27.2 Å². The lowest BCUT2D eigenvalue weighted by atomic mass is 9.70. The molecule has 0 aromatic rings. The van der Waals surface area contributed by atoms with Crippen molar-refractivity contribution in [1.82, 2.24) is 5.32 Å². The highest BCUT2D eigenvalue weighted by molar-refractivity contribution is 5.80. The fourth-order valence-electron chi connectivity index (χ4n) is 3.29. The van der Waals surface area contributed by atoms with Crippen LogP contribution in [0.25, 0.3) is 0 Å². The maximum atomic E-state index is 11.6. The van der Waals surface area contributed by atoms with E-state index in [0.29, 0.717) is 17.9 Å². The molecule has 0 bridgehead atoms. The minimum Gasteiger partial charge on any atom is -0.369 e. The van der Waals surface area contributed by atoms with Gasteiger partial charge in [0.05, 0.1) is 0 Å². The van der Waals surface area contributed by atoms with Gasteiger partial charge in [-0.3, -0.25) is 4.79 Å². The highest BCUT2D eigenvalue weighted by Crippen LogP contribution is 2.37. The molecule has 1 aliphatic carbocycles. The molecule has 1 amide bonds. The minimum atomic E-state index is -0.311. The van der Waals surface area contributed by atoms with Crippen LogP contribution in [-0.4, -0.2) is 19.0 Å². The zero-order valence-corrected chi connectivity index (χ0v) is 11.0. The number of primary amides is 1. The molecule has 0 aromatic carbocycles. The second kappa shape index (κ2) is 5.17. The molecule has 0 saturated heterocycles. The number of nitrogens with two attached hydrogens (primary N) is 1. The molecule has 16 heavy (non-hydrogen) atoms. The van der Waals surface area contributed by atoms with Crippen LogP contribution in [0.4, 0.5) is 0 Å². The average molecular weight is 226 g/mol. The van der Waals surface area contributed by atoms with E-state index in [4.69, 9.17) is 5.73 Å². The third kappa shape index (κ3) is 2.76. The molecule has 3 N–H and O–H groups in total. The van der Waals surface area contributed by atoms with E-state index in [2.05, 4.69) is 19.2 Å². The number of rotatable bonds is 2. The third-order valence-electron chi connectivity index (χ3n) is 4.31. The lowest BCUT2D eigenvalue weighted by Gasteiger charge is -2.38. The Kier molecular flexibility index (Phi) is 4.36.